The maximum Gasteiger partial charge on any atom is 0.226 e. The average Bonchev–Trinajstić information content (AvgIpc) is 2.98. The lowest BCUT2D eigenvalue weighted by Gasteiger charge is -2.34. The molecular weight excluding hydrogens is 349 g/mol. The quantitative estimate of drug-likeness (QED) is 0.873. The van der Waals surface area contributed by atoms with E-state index in [1.807, 2.05) is 4.68 Å². The Labute approximate surface area is 155 Å². The van der Waals surface area contributed by atoms with Crippen molar-refractivity contribution in [2.75, 3.05) is 26.2 Å². The molecule has 0 aromatic carbocycles. The van der Waals surface area contributed by atoms with Crippen LogP contribution in [0, 0.1) is 17.3 Å². The summed E-state index contributed by atoms with van der Waals surface area (Å²) in [5.74, 6) is 1.24. The molecule has 1 amide bonds. The van der Waals surface area contributed by atoms with E-state index < -0.39 is 0 Å². The van der Waals surface area contributed by atoms with Crippen molar-refractivity contribution in [3.8, 4) is 0 Å². The van der Waals surface area contributed by atoms with Gasteiger partial charge in [-0.15, -0.1) is 24.8 Å². The van der Waals surface area contributed by atoms with Gasteiger partial charge in [0.1, 0.15) is 12.7 Å². The Bertz CT molecular complexity index is 533. The van der Waals surface area contributed by atoms with Crippen molar-refractivity contribution < 1.29 is 4.79 Å². The summed E-state index contributed by atoms with van der Waals surface area (Å²) < 4.78 is 1.89. The summed E-state index contributed by atoms with van der Waals surface area (Å²) in [6.07, 6.45) is 9.13. The number of amides is 1. The van der Waals surface area contributed by atoms with E-state index in [1.54, 1.807) is 12.7 Å². The van der Waals surface area contributed by atoms with Gasteiger partial charge in [-0.05, 0) is 56.5 Å². The highest BCUT2D eigenvalue weighted by atomic mass is 35.5. The van der Waals surface area contributed by atoms with Crippen LogP contribution < -0.4 is 5.32 Å². The van der Waals surface area contributed by atoms with Crippen LogP contribution in [0.2, 0.25) is 0 Å². The van der Waals surface area contributed by atoms with Crippen LogP contribution >= 0.6 is 24.8 Å². The molecule has 1 N–H and O–H groups in total. The Hall–Kier alpha value is -0.850. The van der Waals surface area contributed by atoms with Crippen LogP contribution in [-0.4, -0.2) is 51.8 Å². The van der Waals surface area contributed by atoms with E-state index >= 15 is 0 Å². The van der Waals surface area contributed by atoms with E-state index in [-0.39, 0.29) is 24.8 Å². The molecule has 0 radical (unpaired) electrons. The molecule has 8 heteroatoms. The number of hydrogen-bond acceptors (Lipinski definition) is 4. The standard InChI is InChI=1S/C16H25N5O.2ClH/c22-15(14-8-16(14)3-5-17-6-4-16)20-7-1-2-13(9-20)10-21-12-18-11-19-21;;/h11-14,17H,1-10H2;2*1H. The number of hydrogen-bond donors (Lipinski definition) is 1. The molecule has 1 aromatic rings. The second-order valence-corrected chi connectivity index (χ2v) is 7.28. The first kappa shape index (κ1) is 19.5. The van der Waals surface area contributed by atoms with Gasteiger partial charge >= 0.3 is 0 Å². The summed E-state index contributed by atoms with van der Waals surface area (Å²) in [5.41, 5.74) is 0.348. The Kier molecular flexibility index (Phi) is 6.51. The third-order valence-electron chi connectivity index (χ3n) is 5.83. The van der Waals surface area contributed by atoms with Gasteiger partial charge in [-0.1, -0.05) is 0 Å². The highest BCUT2D eigenvalue weighted by Crippen LogP contribution is 2.59. The maximum atomic E-state index is 12.9. The van der Waals surface area contributed by atoms with Gasteiger partial charge in [0.15, 0.2) is 0 Å². The fraction of sp³-hybridized carbons (Fsp3) is 0.812. The van der Waals surface area contributed by atoms with E-state index in [0.29, 0.717) is 23.2 Å². The molecule has 1 aliphatic carbocycles. The van der Waals surface area contributed by atoms with Crippen molar-refractivity contribution in [1.82, 2.24) is 25.0 Å². The second-order valence-electron chi connectivity index (χ2n) is 7.28. The maximum absolute atomic E-state index is 12.9. The minimum absolute atomic E-state index is 0. The van der Waals surface area contributed by atoms with Crippen molar-refractivity contribution in [3.05, 3.63) is 12.7 Å². The number of nitrogens with one attached hydrogen (secondary N) is 1. The molecule has 1 aromatic heterocycles. The predicted molar refractivity (Wildman–Crippen MR) is 96.5 cm³/mol. The van der Waals surface area contributed by atoms with E-state index in [1.165, 1.54) is 19.3 Å². The minimum atomic E-state index is 0. The SMILES string of the molecule is Cl.Cl.O=C(C1CC12CCNCC2)N1CCCC(Cn2cncn2)C1. The highest BCUT2D eigenvalue weighted by molar-refractivity contribution is 5.85. The van der Waals surface area contributed by atoms with Crippen molar-refractivity contribution in [3.63, 3.8) is 0 Å². The van der Waals surface area contributed by atoms with E-state index in [9.17, 15) is 4.79 Å². The Morgan fingerprint density at radius 1 is 1.29 bits per heavy atom. The van der Waals surface area contributed by atoms with Crippen LogP contribution in [0.5, 0.6) is 0 Å². The van der Waals surface area contributed by atoms with Crippen LogP contribution in [0.4, 0.5) is 0 Å². The number of likely N-dealkylation sites (tertiary alicyclic amines) is 1. The van der Waals surface area contributed by atoms with Gasteiger partial charge in [0, 0.05) is 25.6 Å². The molecule has 2 aliphatic heterocycles. The molecule has 136 valence electrons. The zero-order valence-electron chi connectivity index (χ0n) is 13.9. The summed E-state index contributed by atoms with van der Waals surface area (Å²) in [6.45, 7) is 4.88. The van der Waals surface area contributed by atoms with Crippen LogP contribution in [0.25, 0.3) is 0 Å². The van der Waals surface area contributed by atoms with Gasteiger partial charge in [-0.3, -0.25) is 9.48 Å². The molecule has 1 spiro atoms. The predicted octanol–water partition coefficient (Wildman–Crippen LogP) is 1.75. The number of piperidine rings is 2. The molecular formula is C16H27Cl2N5O. The summed E-state index contributed by atoms with van der Waals surface area (Å²) in [6, 6.07) is 0. The molecule has 1 saturated carbocycles. The first-order valence-corrected chi connectivity index (χ1v) is 8.59. The lowest BCUT2D eigenvalue weighted by atomic mass is 9.91. The molecule has 3 aliphatic rings. The normalized spacial score (nSPS) is 27.9. The number of rotatable bonds is 3. The summed E-state index contributed by atoms with van der Waals surface area (Å²) in [5, 5.41) is 7.60. The third kappa shape index (κ3) is 3.86. The van der Waals surface area contributed by atoms with Crippen molar-refractivity contribution in [2.45, 2.75) is 38.6 Å². The van der Waals surface area contributed by atoms with Gasteiger partial charge in [0.2, 0.25) is 5.91 Å². The molecule has 3 fully saturated rings. The number of aromatic nitrogens is 3. The van der Waals surface area contributed by atoms with Crippen LogP contribution in [0.1, 0.15) is 32.1 Å². The Morgan fingerprint density at radius 2 is 2.08 bits per heavy atom. The van der Waals surface area contributed by atoms with Gasteiger partial charge in [0.25, 0.3) is 0 Å². The van der Waals surface area contributed by atoms with Crippen LogP contribution in [-0.2, 0) is 11.3 Å². The fourth-order valence-corrected chi connectivity index (χ4v) is 4.40. The highest BCUT2D eigenvalue weighted by Gasteiger charge is 2.58. The Balaban J connectivity index is 0.00000104. The summed E-state index contributed by atoms with van der Waals surface area (Å²) in [7, 11) is 0. The van der Waals surface area contributed by atoms with Crippen LogP contribution in [0.15, 0.2) is 12.7 Å². The van der Waals surface area contributed by atoms with E-state index in [2.05, 4.69) is 20.3 Å². The zero-order chi connectivity index (χ0) is 15.0. The zero-order valence-corrected chi connectivity index (χ0v) is 15.5. The van der Waals surface area contributed by atoms with Crippen LogP contribution in [0.3, 0.4) is 0 Å². The average molecular weight is 376 g/mol. The summed E-state index contributed by atoms with van der Waals surface area (Å²) in [4.78, 5) is 19.0. The van der Waals surface area contributed by atoms with Crippen molar-refractivity contribution in [2.24, 2.45) is 17.3 Å². The molecule has 2 atom stereocenters. The molecule has 24 heavy (non-hydrogen) atoms. The third-order valence-corrected chi connectivity index (χ3v) is 5.83. The first-order valence-electron chi connectivity index (χ1n) is 8.59. The molecule has 3 heterocycles. The topological polar surface area (TPSA) is 63.1 Å². The van der Waals surface area contributed by atoms with E-state index in [0.717, 1.165) is 45.6 Å². The fourth-order valence-electron chi connectivity index (χ4n) is 4.40. The lowest BCUT2D eigenvalue weighted by molar-refractivity contribution is -0.135. The van der Waals surface area contributed by atoms with Gasteiger partial charge in [-0.25, -0.2) is 4.98 Å². The minimum Gasteiger partial charge on any atom is -0.342 e. The summed E-state index contributed by atoms with van der Waals surface area (Å²) >= 11 is 0. The molecule has 2 unspecified atom stereocenters. The molecule has 4 rings (SSSR count). The molecule has 6 nitrogen and oxygen atoms in total. The monoisotopic (exact) mass is 375 g/mol. The largest absolute Gasteiger partial charge is 0.342 e. The van der Waals surface area contributed by atoms with Gasteiger partial charge in [-0.2, -0.15) is 5.10 Å². The number of halogens is 2. The first-order chi connectivity index (χ1) is 10.8. The van der Waals surface area contributed by atoms with Gasteiger partial charge in [0.05, 0.1) is 0 Å². The number of carbonyl (C=O) groups is 1. The van der Waals surface area contributed by atoms with Crippen molar-refractivity contribution in [1.29, 1.82) is 0 Å². The smallest absolute Gasteiger partial charge is 0.226 e. The number of carbonyl (C=O) groups excluding carboxylic acids is 1. The van der Waals surface area contributed by atoms with Crippen molar-refractivity contribution >= 4 is 30.7 Å². The lowest BCUT2D eigenvalue weighted by Crippen LogP contribution is -2.43. The van der Waals surface area contributed by atoms with E-state index in [4.69, 9.17) is 0 Å². The number of nitrogens with zero attached hydrogens (tertiary/aromatic N) is 4. The van der Waals surface area contributed by atoms with Gasteiger partial charge < -0.3 is 10.2 Å². The molecule has 0 bridgehead atoms. The Morgan fingerprint density at radius 3 is 2.79 bits per heavy atom. The second kappa shape index (κ2) is 8.02. The molecule has 2 saturated heterocycles.